The standard InChI is InChI=1S/C19H16F3N5OS/c1-11-16(29-10-24-11)18(28)25-17-13-4-2-3-5-14(13)27(26-17)9-12-6-7-15(23-8-12)19(20,21)22/h2-8,10,18,28H,9H2,1H3,(H,25,26). The number of fused-ring (bicyclic) bond motifs is 1. The van der Waals surface area contributed by atoms with Crippen molar-refractivity contribution >= 4 is 28.1 Å². The number of hydrogen-bond acceptors (Lipinski definition) is 6. The lowest BCUT2D eigenvalue weighted by atomic mass is 10.2. The normalized spacial score (nSPS) is 13.0. The molecule has 0 amide bonds. The summed E-state index contributed by atoms with van der Waals surface area (Å²) in [7, 11) is 0. The fourth-order valence-corrected chi connectivity index (χ4v) is 3.72. The van der Waals surface area contributed by atoms with Crippen molar-refractivity contribution in [2.45, 2.75) is 25.9 Å². The van der Waals surface area contributed by atoms with Crippen LogP contribution in [0.4, 0.5) is 19.0 Å². The van der Waals surface area contributed by atoms with E-state index < -0.39 is 18.1 Å². The molecular formula is C19H16F3N5OS. The molecule has 0 saturated heterocycles. The molecule has 4 rings (SSSR count). The zero-order chi connectivity index (χ0) is 20.6. The molecule has 0 aliphatic rings. The number of aryl methyl sites for hydroxylation is 1. The minimum Gasteiger partial charge on any atom is -0.369 e. The summed E-state index contributed by atoms with van der Waals surface area (Å²) < 4.78 is 39.8. The average Bonchev–Trinajstić information content (AvgIpc) is 3.26. The number of nitrogens with zero attached hydrogens (tertiary/aromatic N) is 4. The summed E-state index contributed by atoms with van der Waals surface area (Å²) in [5, 5.41) is 18.8. The molecule has 3 heterocycles. The van der Waals surface area contributed by atoms with Gasteiger partial charge in [0.05, 0.1) is 28.1 Å². The van der Waals surface area contributed by atoms with Crippen molar-refractivity contribution in [1.29, 1.82) is 0 Å². The second-order valence-corrected chi connectivity index (χ2v) is 7.31. The van der Waals surface area contributed by atoms with E-state index in [0.29, 0.717) is 16.3 Å². The van der Waals surface area contributed by atoms with Gasteiger partial charge in [-0.15, -0.1) is 11.3 Å². The molecule has 4 aromatic rings. The van der Waals surface area contributed by atoms with Crippen LogP contribution in [0.3, 0.4) is 0 Å². The number of aliphatic hydroxyl groups is 1. The number of pyridine rings is 1. The molecular weight excluding hydrogens is 403 g/mol. The predicted octanol–water partition coefficient (Wildman–Crippen LogP) is 4.37. The van der Waals surface area contributed by atoms with Crippen molar-refractivity contribution in [3.8, 4) is 0 Å². The first-order valence-electron chi connectivity index (χ1n) is 8.65. The third-order valence-electron chi connectivity index (χ3n) is 4.41. The Balaban J connectivity index is 1.63. The van der Waals surface area contributed by atoms with Gasteiger partial charge in [-0.05, 0) is 30.7 Å². The molecule has 0 bridgehead atoms. The molecule has 10 heteroatoms. The number of benzene rings is 1. The Bertz CT molecular complexity index is 1140. The highest BCUT2D eigenvalue weighted by Crippen LogP contribution is 2.29. The molecule has 3 aromatic heterocycles. The highest BCUT2D eigenvalue weighted by Gasteiger charge is 2.32. The second-order valence-electron chi connectivity index (χ2n) is 6.42. The summed E-state index contributed by atoms with van der Waals surface area (Å²) in [4.78, 5) is 8.32. The number of rotatable bonds is 5. The number of aliphatic hydroxyl groups excluding tert-OH is 1. The van der Waals surface area contributed by atoms with Crippen LogP contribution in [0.1, 0.15) is 28.1 Å². The first-order chi connectivity index (χ1) is 13.8. The van der Waals surface area contributed by atoms with Crippen LogP contribution in [-0.2, 0) is 12.7 Å². The molecule has 6 nitrogen and oxygen atoms in total. The third kappa shape index (κ3) is 3.94. The summed E-state index contributed by atoms with van der Waals surface area (Å²) in [5.41, 5.74) is 2.82. The van der Waals surface area contributed by atoms with Gasteiger partial charge in [0.25, 0.3) is 0 Å². The van der Waals surface area contributed by atoms with Gasteiger partial charge in [0.15, 0.2) is 12.0 Å². The molecule has 0 saturated carbocycles. The van der Waals surface area contributed by atoms with Crippen LogP contribution in [0.25, 0.3) is 10.9 Å². The van der Waals surface area contributed by atoms with Crippen molar-refractivity contribution in [3.63, 3.8) is 0 Å². The van der Waals surface area contributed by atoms with E-state index in [0.717, 1.165) is 22.7 Å². The second kappa shape index (κ2) is 7.45. The molecule has 0 aliphatic carbocycles. The van der Waals surface area contributed by atoms with Gasteiger partial charge in [-0.3, -0.25) is 9.67 Å². The molecule has 1 unspecified atom stereocenters. The Hall–Kier alpha value is -2.98. The molecule has 29 heavy (non-hydrogen) atoms. The molecule has 0 radical (unpaired) electrons. The lowest BCUT2D eigenvalue weighted by Crippen LogP contribution is -2.11. The molecule has 0 spiro atoms. The highest BCUT2D eigenvalue weighted by molar-refractivity contribution is 7.09. The molecule has 0 aliphatic heterocycles. The van der Waals surface area contributed by atoms with E-state index in [-0.39, 0.29) is 6.54 Å². The molecule has 1 atom stereocenters. The predicted molar refractivity (Wildman–Crippen MR) is 104 cm³/mol. The van der Waals surface area contributed by atoms with Gasteiger partial charge < -0.3 is 10.4 Å². The minimum absolute atomic E-state index is 0.239. The number of hydrogen-bond donors (Lipinski definition) is 2. The van der Waals surface area contributed by atoms with Crippen LogP contribution in [0.5, 0.6) is 0 Å². The van der Waals surface area contributed by atoms with E-state index in [9.17, 15) is 18.3 Å². The van der Waals surface area contributed by atoms with E-state index in [1.54, 1.807) is 10.2 Å². The Morgan fingerprint density at radius 3 is 2.62 bits per heavy atom. The van der Waals surface area contributed by atoms with Crippen LogP contribution in [0.15, 0.2) is 48.1 Å². The van der Waals surface area contributed by atoms with Crippen LogP contribution in [0.2, 0.25) is 0 Å². The fraction of sp³-hybridized carbons (Fsp3) is 0.211. The quantitative estimate of drug-likeness (QED) is 0.470. The summed E-state index contributed by atoms with van der Waals surface area (Å²) in [6.45, 7) is 2.05. The van der Waals surface area contributed by atoms with E-state index in [4.69, 9.17) is 0 Å². The lowest BCUT2D eigenvalue weighted by molar-refractivity contribution is -0.141. The number of nitrogens with one attached hydrogen (secondary N) is 1. The summed E-state index contributed by atoms with van der Waals surface area (Å²) in [6.07, 6.45) is -4.25. The largest absolute Gasteiger partial charge is 0.433 e. The molecule has 150 valence electrons. The van der Waals surface area contributed by atoms with Crippen molar-refractivity contribution in [2.24, 2.45) is 0 Å². The summed E-state index contributed by atoms with van der Waals surface area (Å²) in [6, 6.07) is 9.75. The fourth-order valence-electron chi connectivity index (χ4n) is 2.98. The van der Waals surface area contributed by atoms with Crippen LogP contribution in [0, 0.1) is 6.92 Å². The smallest absolute Gasteiger partial charge is 0.369 e. The van der Waals surface area contributed by atoms with Crippen molar-refractivity contribution in [3.05, 3.63) is 69.9 Å². The van der Waals surface area contributed by atoms with Gasteiger partial charge in [0.1, 0.15) is 5.69 Å². The van der Waals surface area contributed by atoms with E-state index in [1.165, 1.54) is 23.6 Å². The topological polar surface area (TPSA) is 75.9 Å². The number of anilines is 1. The molecule has 1 aromatic carbocycles. The van der Waals surface area contributed by atoms with E-state index in [2.05, 4.69) is 20.4 Å². The van der Waals surface area contributed by atoms with Crippen LogP contribution >= 0.6 is 11.3 Å². The SMILES string of the molecule is Cc1ncsc1C(O)Nc1nn(Cc2ccc(C(F)(F)F)nc2)c2ccccc12. The zero-order valence-electron chi connectivity index (χ0n) is 15.2. The lowest BCUT2D eigenvalue weighted by Gasteiger charge is -2.11. The number of para-hydroxylation sites is 1. The number of thiazole rings is 1. The van der Waals surface area contributed by atoms with Gasteiger partial charge in [0, 0.05) is 11.6 Å². The maximum Gasteiger partial charge on any atom is 0.433 e. The number of alkyl halides is 3. The maximum atomic E-state index is 12.7. The van der Waals surface area contributed by atoms with Crippen LogP contribution < -0.4 is 5.32 Å². The summed E-state index contributed by atoms with van der Waals surface area (Å²) in [5.74, 6) is 0.473. The zero-order valence-corrected chi connectivity index (χ0v) is 16.0. The van der Waals surface area contributed by atoms with Crippen molar-refractivity contribution in [1.82, 2.24) is 19.7 Å². The Morgan fingerprint density at radius 2 is 1.97 bits per heavy atom. The first kappa shape index (κ1) is 19.3. The van der Waals surface area contributed by atoms with E-state index in [1.807, 2.05) is 31.2 Å². The highest BCUT2D eigenvalue weighted by atomic mass is 32.1. The Labute approximate surface area is 167 Å². The number of aromatic nitrogens is 4. The van der Waals surface area contributed by atoms with Gasteiger partial charge >= 0.3 is 6.18 Å². The average molecular weight is 419 g/mol. The maximum absolute atomic E-state index is 12.7. The van der Waals surface area contributed by atoms with E-state index >= 15 is 0 Å². The summed E-state index contributed by atoms with van der Waals surface area (Å²) >= 11 is 1.34. The van der Waals surface area contributed by atoms with Gasteiger partial charge in [-0.1, -0.05) is 18.2 Å². The first-order valence-corrected chi connectivity index (χ1v) is 9.53. The van der Waals surface area contributed by atoms with Crippen LogP contribution in [-0.4, -0.2) is 24.9 Å². The minimum atomic E-state index is -4.47. The molecule has 2 N–H and O–H groups in total. The Kier molecular flexibility index (Phi) is 4.97. The van der Waals surface area contributed by atoms with Gasteiger partial charge in [0.2, 0.25) is 0 Å². The Morgan fingerprint density at radius 1 is 1.17 bits per heavy atom. The van der Waals surface area contributed by atoms with Crippen molar-refractivity contribution < 1.29 is 18.3 Å². The monoisotopic (exact) mass is 419 g/mol. The number of halogens is 3. The third-order valence-corrected chi connectivity index (χ3v) is 5.39. The van der Waals surface area contributed by atoms with Gasteiger partial charge in [-0.25, -0.2) is 4.98 Å². The molecule has 0 fully saturated rings. The van der Waals surface area contributed by atoms with Gasteiger partial charge in [-0.2, -0.15) is 18.3 Å². The van der Waals surface area contributed by atoms with Crippen molar-refractivity contribution in [2.75, 3.05) is 5.32 Å².